The molecular formula is C17H24ClN. The van der Waals surface area contributed by atoms with Crippen molar-refractivity contribution in [1.82, 2.24) is 0 Å². The predicted molar refractivity (Wildman–Crippen MR) is 82.0 cm³/mol. The van der Waals surface area contributed by atoms with Crippen LogP contribution in [0.4, 0.5) is 0 Å². The van der Waals surface area contributed by atoms with Gasteiger partial charge in [0.25, 0.3) is 0 Å². The average Bonchev–Trinajstić information content (AvgIpc) is 3.14. The molecule has 1 aromatic carbocycles. The molecule has 3 rings (SSSR count). The molecule has 1 spiro atoms. The highest BCUT2D eigenvalue weighted by atomic mass is 35.5. The van der Waals surface area contributed by atoms with Gasteiger partial charge in [0.1, 0.15) is 0 Å². The molecule has 0 aromatic heterocycles. The summed E-state index contributed by atoms with van der Waals surface area (Å²) in [5, 5.41) is 0.210. The molecule has 2 aliphatic carbocycles. The van der Waals surface area contributed by atoms with Gasteiger partial charge in [0.15, 0.2) is 0 Å². The summed E-state index contributed by atoms with van der Waals surface area (Å²) >= 11 is 6.24. The smallest absolute Gasteiger partial charge is 0.0348 e. The van der Waals surface area contributed by atoms with Crippen LogP contribution in [-0.2, 0) is 11.8 Å². The molecule has 1 saturated carbocycles. The normalized spacial score (nSPS) is 25.1. The second kappa shape index (κ2) is 5.10. The quantitative estimate of drug-likeness (QED) is 0.824. The Morgan fingerprint density at radius 2 is 2.16 bits per heavy atom. The van der Waals surface area contributed by atoms with Crippen molar-refractivity contribution in [2.24, 2.45) is 5.73 Å². The predicted octanol–water partition coefficient (Wildman–Crippen LogP) is 4.11. The maximum Gasteiger partial charge on any atom is 0.0348 e. The molecule has 2 heteroatoms. The molecule has 19 heavy (non-hydrogen) atoms. The fourth-order valence-corrected chi connectivity index (χ4v) is 4.09. The van der Waals surface area contributed by atoms with Crippen LogP contribution in [0.1, 0.15) is 61.6 Å². The highest BCUT2D eigenvalue weighted by Gasteiger charge is 2.48. The first-order valence-corrected chi connectivity index (χ1v) is 8.06. The van der Waals surface area contributed by atoms with Crippen molar-refractivity contribution >= 4 is 11.6 Å². The number of benzene rings is 1. The summed E-state index contributed by atoms with van der Waals surface area (Å²) in [5.41, 5.74) is 11.1. The first-order valence-electron chi connectivity index (χ1n) is 7.63. The number of fused-ring (bicyclic) bond motifs is 2. The molecule has 0 amide bonds. The van der Waals surface area contributed by atoms with E-state index in [0.29, 0.717) is 11.3 Å². The molecule has 1 fully saturated rings. The van der Waals surface area contributed by atoms with Crippen molar-refractivity contribution in [3.05, 3.63) is 34.9 Å². The van der Waals surface area contributed by atoms with Gasteiger partial charge in [0.05, 0.1) is 0 Å². The molecule has 1 nitrogen and oxygen atoms in total. The number of nitrogens with two attached hydrogens (primary N) is 1. The van der Waals surface area contributed by atoms with Crippen molar-refractivity contribution < 1.29 is 0 Å². The summed E-state index contributed by atoms with van der Waals surface area (Å²) in [4.78, 5) is 0. The highest BCUT2D eigenvalue weighted by Crippen LogP contribution is 2.58. The van der Waals surface area contributed by atoms with Gasteiger partial charge < -0.3 is 5.73 Å². The highest BCUT2D eigenvalue weighted by molar-refractivity contribution is 6.20. The van der Waals surface area contributed by atoms with Crippen LogP contribution in [0.15, 0.2) is 18.2 Å². The minimum Gasteiger partial charge on any atom is -0.330 e. The van der Waals surface area contributed by atoms with Crippen LogP contribution in [0.25, 0.3) is 0 Å². The lowest BCUT2D eigenvalue weighted by atomic mass is 9.71. The van der Waals surface area contributed by atoms with Crippen LogP contribution in [0, 0.1) is 0 Å². The van der Waals surface area contributed by atoms with Gasteiger partial charge >= 0.3 is 0 Å². The topological polar surface area (TPSA) is 26.0 Å². The second-order valence-corrected chi connectivity index (χ2v) is 7.20. The largest absolute Gasteiger partial charge is 0.330 e. The SMILES string of the molecule is CC(Cl)Cc1cccc2c1C(CCN)CCC21CC1. The molecule has 0 bridgehead atoms. The average molecular weight is 278 g/mol. The van der Waals surface area contributed by atoms with Crippen LogP contribution < -0.4 is 5.73 Å². The van der Waals surface area contributed by atoms with Crippen molar-refractivity contribution in [3.8, 4) is 0 Å². The van der Waals surface area contributed by atoms with Crippen LogP contribution in [-0.4, -0.2) is 11.9 Å². The zero-order valence-corrected chi connectivity index (χ0v) is 12.5. The lowest BCUT2D eigenvalue weighted by molar-refractivity contribution is 0.452. The van der Waals surface area contributed by atoms with Gasteiger partial charge in [0, 0.05) is 5.38 Å². The Labute approximate surface area is 121 Å². The summed E-state index contributed by atoms with van der Waals surface area (Å²) in [6.07, 6.45) is 7.56. The molecule has 2 N–H and O–H groups in total. The lowest BCUT2D eigenvalue weighted by Crippen LogP contribution is -2.23. The third-order valence-corrected chi connectivity index (χ3v) is 5.17. The van der Waals surface area contributed by atoms with Gasteiger partial charge in [-0.25, -0.2) is 0 Å². The van der Waals surface area contributed by atoms with E-state index >= 15 is 0 Å². The zero-order valence-electron chi connectivity index (χ0n) is 11.8. The molecule has 104 valence electrons. The molecule has 0 saturated heterocycles. The van der Waals surface area contributed by atoms with Gasteiger partial charge in [-0.2, -0.15) is 0 Å². The number of halogens is 1. The maximum absolute atomic E-state index is 6.24. The molecular weight excluding hydrogens is 254 g/mol. The van der Waals surface area contributed by atoms with E-state index in [1.807, 2.05) is 0 Å². The molecule has 0 heterocycles. The van der Waals surface area contributed by atoms with E-state index in [9.17, 15) is 0 Å². The Bertz CT molecular complexity index is 462. The van der Waals surface area contributed by atoms with Crippen molar-refractivity contribution in [1.29, 1.82) is 0 Å². The number of hydrogen-bond acceptors (Lipinski definition) is 1. The van der Waals surface area contributed by atoms with Crippen molar-refractivity contribution in [2.75, 3.05) is 6.54 Å². The molecule has 1 aromatic rings. The summed E-state index contributed by atoms with van der Waals surface area (Å²) in [5.74, 6) is 0.665. The first-order chi connectivity index (χ1) is 9.16. The number of hydrogen-bond donors (Lipinski definition) is 1. The fourth-order valence-electron chi connectivity index (χ4n) is 3.93. The summed E-state index contributed by atoms with van der Waals surface area (Å²) in [6.45, 7) is 2.89. The van der Waals surface area contributed by atoms with Gasteiger partial charge in [0.2, 0.25) is 0 Å². The minimum absolute atomic E-state index is 0.210. The molecule has 0 radical (unpaired) electrons. The number of alkyl halides is 1. The maximum atomic E-state index is 6.24. The van der Waals surface area contributed by atoms with E-state index in [1.165, 1.54) is 31.2 Å². The summed E-state index contributed by atoms with van der Waals surface area (Å²) in [7, 11) is 0. The van der Waals surface area contributed by atoms with Crippen LogP contribution in [0.2, 0.25) is 0 Å². The van der Waals surface area contributed by atoms with Crippen molar-refractivity contribution in [2.45, 2.75) is 62.2 Å². The Morgan fingerprint density at radius 3 is 2.79 bits per heavy atom. The van der Waals surface area contributed by atoms with Crippen LogP contribution in [0.5, 0.6) is 0 Å². The Morgan fingerprint density at radius 1 is 1.37 bits per heavy atom. The van der Waals surface area contributed by atoms with Crippen LogP contribution >= 0.6 is 11.6 Å². The Hall–Kier alpha value is -0.530. The van der Waals surface area contributed by atoms with E-state index < -0.39 is 0 Å². The second-order valence-electron chi connectivity index (χ2n) is 6.46. The lowest BCUT2D eigenvalue weighted by Gasteiger charge is -2.34. The molecule has 2 aliphatic rings. The van der Waals surface area contributed by atoms with Gasteiger partial charge in [-0.15, -0.1) is 11.6 Å². The van der Waals surface area contributed by atoms with E-state index in [2.05, 4.69) is 25.1 Å². The van der Waals surface area contributed by atoms with E-state index in [1.54, 1.807) is 11.1 Å². The number of rotatable bonds is 4. The van der Waals surface area contributed by atoms with Gasteiger partial charge in [-0.3, -0.25) is 0 Å². The van der Waals surface area contributed by atoms with Crippen LogP contribution in [0.3, 0.4) is 0 Å². The van der Waals surface area contributed by atoms with E-state index in [0.717, 1.165) is 19.4 Å². The molecule has 2 atom stereocenters. The van der Waals surface area contributed by atoms with Gasteiger partial charge in [-0.05, 0) is 80.0 Å². The fraction of sp³-hybridized carbons (Fsp3) is 0.647. The van der Waals surface area contributed by atoms with Crippen molar-refractivity contribution in [3.63, 3.8) is 0 Å². The standard InChI is InChI=1S/C17H24ClN/c1-12(18)11-14-3-2-4-15-16(14)13(6-10-19)5-7-17(15)8-9-17/h2-4,12-13H,5-11,19H2,1H3. The first kappa shape index (κ1) is 13.5. The Balaban J connectivity index is 2.03. The van der Waals surface area contributed by atoms with E-state index in [-0.39, 0.29) is 5.38 Å². The monoisotopic (exact) mass is 277 g/mol. The van der Waals surface area contributed by atoms with Gasteiger partial charge in [-0.1, -0.05) is 18.2 Å². The summed E-state index contributed by atoms with van der Waals surface area (Å²) < 4.78 is 0. The summed E-state index contributed by atoms with van der Waals surface area (Å²) in [6, 6.07) is 6.88. The third-order valence-electron chi connectivity index (χ3n) is 5.02. The molecule has 0 aliphatic heterocycles. The molecule has 2 unspecified atom stereocenters. The minimum atomic E-state index is 0.210. The Kier molecular flexibility index (Phi) is 3.61. The zero-order chi connectivity index (χ0) is 13.5. The third kappa shape index (κ3) is 2.43. The van der Waals surface area contributed by atoms with E-state index in [4.69, 9.17) is 17.3 Å².